The number of carbonyl (C=O) groups is 1. The third kappa shape index (κ3) is 7.51. The molecule has 1 aromatic carbocycles. The van der Waals surface area contributed by atoms with Crippen LogP contribution in [0.25, 0.3) is 11.3 Å². The summed E-state index contributed by atoms with van der Waals surface area (Å²) in [6.45, 7) is 4.56. The fraction of sp³-hybridized carbons (Fsp3) is 0.364. The third-order valence-electron chi connectivity index (χ3n) is 3.97. The Labute approximate surface area is 155 Å². The molecule has 0 N–H and O–H groups in total. The van der Waals surface area contributed by atoms with Crippen LogP contribution in [0.4, 0.5) is 0 Å². The van der Waals surface area contributed by atoms with Crippen LogP contribution in [0.15, 0.2) is 55.3 Å². The number of ether oxygens (including phenoxy) is 2. The Morgan fingerprint density at radius 2 is 1.69 bits per heavy atom. The Morgan fingerprint density at radius 1 is 1.00 bits per heavy atom. The standard InChI is InChI=1S/C22H26NO3/c1-2-22(24)26-17-11-6-4-3-5-10-16-25-20-14-15-21(23-18-20)19-12-8-7-9-13-19/h2,8-9,12-15,18H,1,3-6,10-11,16-17H2. The molecule has 26 heavy (non-hydrogen) atoms. The smallest absolute Gasteiger partial charge is 0.330 e. The molecule has 2 rings (SSSR count). The number of esters is 1. The highest BCUT2D eigenvalue weighted by atomic mass is 16.5. The summed E-state index contributed by atoms with van der Waals surface area (Å²) in [7, 11) is 0. The van der Waals surface area contributed by atoms with Gasteiger partial charge >= 0.3 is 5.97 Å². The lowest BCUT2D eigenvalue weighted by molar-refractivity contribution is -0.137. The van der Waals surface area contributed by atoms with Crippen molar-refractivity contribution in [3.05, 3.63) is 61.3 Å². The predicted molar refractivity (Wildman–Crippen MR) is 103 cm³/mol. The molecule has 0 aliphatic carbocycles. The van der Waals surface area contributed by atoms with Crippen molar-refractivity contribution in [1.29, 1.82) is 0 Å². The summed E-state index contributed by atoms with van der Waals surface area (Å²) in [5.74, 6) is 0.465. The highest BCUT2D eigenvalue weighted by Crippen LogP contribution is 2.19. The molecule has 2 aromatic rings. The van der Waals surface area contributed by atoms with Crippen molar-refractivity contribution < 1.29 is 14.3 Å². The number of hydrogen-bond donors (Lipinski definition) is 0. The van der Waals surface area contributed by atoms with Crippen LogP contribution >= 0.6 is 0 Å². The molecular weight excluding hydrogens is 326 g/mol. The maximum Gasteiger partial charge on any atom is 0.330 e. The van der Waals surface area contributed by atoms with Crippen LogP contribution in [0, 0.1) is 6.07 Å². The predicted octanol–water partition coefficient (Wildman–Crippen LogP) is 5.00. The Morgan fingerprint density at radius 3 is 2.35 bits per heavy atom. The van der Waals surface area contributed by atoms with E-state index in [1.165, 1.54) is 12.5 Å². The van der Waals surface area contributed by atoms with Crippen molar-refractivity contribution in [2.24, 2.45) is 0 Å². The largest absolute Gasteiger partial charge is 0.492 e. The third-order valence-corrected chi connectivity index (χ3v) is 3.97. The van der Waals surface area contributed by atoms with E-state index in [1.807, 2.05) is 36.4 Å². The summed E-state index contributed by atoms with van der Waals surface area (Å²) in [6, 6.07) is 14.7. The van der Waals surface area contributed by atoms with Crippen molar-refractivity contribution in [2.45, 2.75) is 38.5 Å². The SMILES string of the molecule is C=CC(=O)OCCCCCCCCOc1ccc(-c2cc[c]cc2)nc1. The molecule has 0 aliphatic heterocycles. The lowest BCUT2D eigenvalue weighted by Gasteiger charge is -2.07. The summed E-state index contributed by atoms with van der Waals surface area (Å²) in [5.41, 5.74) is 2.01. The van der Waals surface area contributed by atoms with Gasteiger partial charge in [-0.2, -0.15) is 0 Å². The van der Waals surface area contributed by atoms with E-state index < -0.39 is 0 Å². The summed E-state index contributed by atoms with van der Waals surface area (Å²) in [4.78, 5) is 15.3. The van der Waals surface area contributed by atoms with Gasteiger partial charge in [-0.3, -0.25) is 4.98 Å². The maximum absolute atomic E-state index is 10.9. The van der Waals surface area contributed by atoms with Crippen LogP contribution in [0.5, 0.6) is 5.75 Å². The number of benzene rings is 1. The average Bonchev–Trinajstić information content (AvgIpc) is 2.70. The van der Waals surface area contributed by atoms with Gasteiger partial charge in [0, 0.05) is 11.6 Å². The monoisotopic (exact) mass is 352 g/mol. The molecular formula is C22H26NO3. The fourth-order valence-corrected chi connectivity index (χ4v) is 2.53. The lowest BCUT2D eigenvalue weighted by Crippen LogP contribution is -2.01. The lowest BCUT2D eigenvalue weighted by atomic mass is 10.1. The molecule has 0 saturated heterocycles. The van der Waals surface area contributed by atoms with Crippen LogP contribution in [-0.2, 0) is 9.53 Å². The molecule has 0 atom stereocenters. The van der Waals surface area contributed by atoms with E-state index in [-0.39, 0.29) is 5.97 Å². The van der Waals surface area contributed by atoms with Gasteiger partial charge in [-0.15, -0.1) is 0 Å². The Bertz CT molecular complexity index is 653. The molecule has 0 spiro atoms. The number of pyridine rings is 1. The molecule has 0 amide bonds. The first-order chi connectivity index (χ1) is 12.8. The number of nitrogens with zero attached hydrogens (tertiary/aromatic N) is 1. The van der Waals surface area contributed by atoms with Crippen LogP contribution in [0.1, 0.15) is 38.5 Å². The molecule has 0 bridgehead atoms. The summed E-state index contributed by atoms with van der Waals surface area (Å²) >= 11 is 0. The highest BCUT2D eigenvalue weighted by molar-refractivity contribution is 5.81. The van der Waals surface area contributed by atoms with E-state index in [2.05, 4.69) is 17.6 Å². The first-order valence-corrected chi connectivity index (χ1v) is 9.14. The number of rotatable bonds is 12. The van der Waals surface area contributed by atoms with Gasteiger partial charge in [-0.05, 0) is 31.0 Å². The van der Waals surface area contributed by atoms with E-state index in [4.69, 9.17) is 9.47 Å². The first kappa shape index (κ1) is 19.7. The van der Waals surface area contributed by atoms with E-state index in [9.17, 15) is 4.79 Å². The topological polar surface area (TPSA) is 48.4 Å². The summed E-state index contributed by atoms with van der Waals surface area (Å²) in [5, 5.41) is 0. The van der Waals surface area contributed by atoms with Gasteiger partial charge in [-0.25, -0.2) is 4.79 Å². The van der Waals surface area contributed by atoms with E-state index >= 15 is 0 Å². The zero-order valence-corrected chi connectivity index (χ0v) is 15.2. The van der Waals surface area contributed by atoms with Crippen molar-refractivity contribution in [2.75, 3.05) is 13.2 Å². The molecule has 1 radical (unpaired) electrons. The van der Waals surface area contributed by atoms with Crippen molar-refractivity contribution in [3.63, 3.8) is 0 Å². The van der Waals surface area contributed by atoms with Gasteiger partial charge < -0.3 is 9.47 Å². The molecule has 0 saturated carbocycles. The van der Waals surface area contributed by atoms with Crippen molar-refractivity contribution in [3.8, 4) is 17.0 Å². The van der Waals surface area contributed by atoms with Crippen LogP contribution in [0.3, 0.4) is 0 Å². The van der Waals surface area contributed by atoms with Gasteiger partial charge in [0.15, 0.2) is 0 Å². The van der Waals surface area contributed by atoms with E-state index in [0.717, 1.165) is 49.1 Å². The molecule has 4 heteroatoms. The minimum atomic E-state index is -0.341. The average molecular weight is 352 g/mol. The fourth-order valence-electron chi connectivity index (χ4n) is 2.53. The zero-order chi connectivity index (χ0) is 18.5. The van der Waals surface area contributed by atoms with Gasteiger partial charge in [0.25, 0.3) is 0 Å². The number of aromatic nitrogens is 1. The summed E-state index contributed by atoms with van der Waals surface area (Å²) < 4.78 is 10.7. The second-order valence-electron chi connectivity index (χ2n) is 6.01. The van der Waals surface area contributed by atoms with Crippen LogP contribution < -0.4 is 4.74 Å². The van der Waals surface area contributed by atoms with Crippen LogP contribution in [0.2, 0.25) is 0 Å². The molecule has 0 unspecified atom stereocenters. The molecule has 0 aliphatic rings. The van der Waals surface area contributed by atoms with Crippen LogP contribution in [-0.4, -0.2) is 24.2 Å². The number of hydrogen-bond acceptors (Lipinski definition) is 4. The van der Waals surface area contributed by atoms with Crippen molar-refractivity contribution in [1.82, 2.24) is 4.98 Å². The Kier molecular flexibility index (Phi) is 8.98. The molecule has 1 heterocycles. The van der Waals surface area contributed by atoms with Gasteiger partial charge in [0.2, 0.25) is 0 Å². The van der Waals surface area contributed by atoms with Gasteiger partial charge in [0.05, 0.1) is 25.1 Å². The maximum atomic E-state index is 10.9. The van der Waals surface area contributed by atoms with Gasteiger partial charge in [0.1, 0.15) is 5.75 Å². The number of carbonyl (C=O) groups excluding carboxylic acids is 1. The molecule has 1 aromatic heterocycles. The quantitative estimate of drug-likeness (QED) is 0.306. The molecule has 137 valence electrons. The highest BCUT2D eigenvalue weighted by Gasteiger charge is 2.00. The molecule has 0 fully saturated rings. The zero-order valence-electron chi connectivity index (χ0n) is 15.2. The summed E-state index contributed by atoms with van der Waals surface area (Å²) in [6.07, 6.45) is 9.44. The minimum Gasteiger partial charge on any atom is -0.492 e. The normalized spacial score (nSPS) is 10.3. The first-order valence-electron chi connectivity index (χ1n) is 9.14. The van der Waals surface area contributed by atoms with E-state index in [0.29, 0.717) is 13.2 Å². The Balaban J connectivity index is 1.51. The van der Waals surface area contributed by atoms with E-state index in [1.54, 1.807) is 6.20 Å². The van der Waals surface area contributed by atoms with Crippen molar-refractivity contribution >= 4 is 5.97 Å². The Hall–Kier alpha value is -2.62. The second-order valence-corrected chi connectivity index (χ2v) is 6.01. The number of unbranched alkanes of at least 4 members (excludes halogenated alkanes) is 5. The minimum absolute atomic E-state index is 0.341. The molecule has 4 nitrogen and oxygen atoms in total. The van der Waals surface area contributed by atoms with Gasteiger partial charge in [-0.1, -0.05) is 56.5 Å². The second kappa shape index (κ2) is 11.9.